The lowest BCUT2D eigenvalue weighted by molar-refractivity contribution is 0.305. The van der Waals surface area contributed by atoms with Gasteiger partial charge in [-0.1, -0.05) is 60.1 Å². The lowest BCUT2D eigenvalue weighted by atomic mass is 10.1. The zero-order chi connectivity index (χ0) is 19.3. The van der Waals surface area contributed by atoms with Gasteiger partial charge >= 0.3 is 0 Å². The van der Waals surface area contributed by atoms with Gasteiger partial charge in [0, 0.05) is 16.1 Å². The molecule has 0 aliphatic heterocycles. The summed E-state index contributed by atoms with van der Waals surface area (Å²) < 4.78 is 7.05. The highest BCUT2D eigenvalue weighted by molar-refractivity contribution is 7.19. The summed E-state index contributed by atoms with van der Waals surface area (Å²) in [5.41, 5.74) is 3.14. The predicted molar refractivity (Wildman–Crippen MR) is 115 cm³/mol. The number of para-hydroxylation sites is 2. The molecule has 0 spiro atoms. The summed E-state index contributed by atoms with van der Waals surface area (Å²) >= 11 is 7.72. The molecule has 0 aliphatic rings. The number of rotatable bonds is 5. The second-order valence-corrected chi connectivity index (χ2v) is 7.51. The molecule has 3 nitrogen and oxygen atoms in total. The van der Waals surface area contributed by atoms with Crippen LogP contribution in [0, 0.1) is 11.3 Å². The van der Waals surface area contributed by atoms with Crippen molar-refractivity contribution in [3.8, 4) is 11.8 Å². The molecule has 1 aromatic heterocycles. The number of hydrogen-bond donors (Lipinski definition) is 0. The highest BCUT2D eigenvalue weighted by Crippen LogP contribution is 2.30. The minimum atomic E-state index is 0.355. The van der Waals surface area contributed by atoms with E-state index in [1.54, 1.807) is 0 Å². The number of aromatic nitrogens is 1. The Morgan fingerprint density at radius 2 is 1.79 bits per heavy atom. The Kier molecular flexibility index (Phi) is 5.38. The Labute approximate surface area is 172 Å². The van der Waals surface area contributed by atoms with Crippen molar-refractivity contribution >= 4 is 44.8 Å². The van der Waals surface area contributed by atoms with Gasteiger partial charge in [-0.3, -0.25) is 0 Å². The Morgan fingerprint density at radius 1 is 1.04 bits per heavy atom. The largest absolute Gasteiger partial charge is 0.488 e. The van der Waals surface area contributed by atoms with Gasteiger partial charge in [-0.2, -0.15) is 5.26 Å². The van der Waals surface area contributed by atoms with Crippen LogP contribution < -0.4 is 4.74 Å². The number of halogens is 1. The molecule has 0 amide bonds. The molecule has 0 atom stereocenters. The van der Waals surface area contributed by atoms with Crippen LogP contribution >= 0.6 is 22.9 Å². The average Bonchev–Trinajstić information content (AvgIpc) is 3.16. The van der Waals surface area contributed by atoms with Gasteiger partial charge in [0.1, 0.15) is 23.4 Å². The fraction of sp³-hybridized carbons (Fsp3) is 0.0435. The molecule has 28 heavy (non-hydrogen) atoms. The lowest BCUT2D eigenvalue weighted by Gasteiger charge is -2.10. The van der Waals surface area contributed by atoms with Crippen LogP contribution in [0.4, 0.5) is 0 Å². The number of nitriles is 1. The SMILES string of the molecule is N#CC(=Cc1ccccc1OCc1ccccc1Cl)c1nc2ccccc2s1. The highest BCUT2D eigenvalue weighted by atomic mass is 35.5. The molecule has 0 aliphatic carbocycles. The minimum Gasteiger partial charge on any atom is -0.488 e. The third kappa shape index (κ3) is 3.91. The van der Waals surface area contributed by atoms with Crippen LogP contribution in [0.2, 0.25) is 5.02 Å². The summed E-state index contributed by atoms with van der Waals surface area (Å²) in [6.45, 7) is 0.355. The standard InChI is InChI=1S/C23H15ClN2OS/c24-19-9-3-1-8-17(19)15-27-21-11-5-2-7-16(21)13-18(14-25)23-26-20-10-4-6-12-22(20)28-23/h1-13H,15H2. The zero-order valence-corrected chi connectivity index (χ0v) is 16.4. The Balaban J connectivity index is 1.65. The number of allylic oxidation sites excluding steroid dienone is 1. The molecule has 4 aromatic rings. The molecular formula is C23H15ClN2OS. The molecule has 0 unspecified atom stereocenters. The van der Waals surface area contributed by atoms with Crippen LogP contribution in [-0.2, 0) is 6.61 Å². The van der Waals surface area contributed by atoms with E-state index in [-0.39, 0.29) is 0 Å². The summed E-state index contributed by atoms with van der Waals surface area (Å²) in [4.78, 5) is 4.58. The van der Waals surface area contributed by atoms with Crippen molar-refractivity contribution in [2.45, 2.75) is 6.61 Å². The summed E-state index contributed by atoms with van der Waals surface area (Å²) in [5, 5.41) is 11.1. The Hall–Kier alpha value is -3.13. The molecule has 0 N–H and O–H groups in total. The van der Waals surface area contributed by atoms with Gasteiger partial charge in [0.05, 0.1) is 15.8 Å². The first kappa shape index (κ1) is 18.2. The highest BCUT2D eigenvalue weighted by Gasteiger charge is 2.10. The van der Waals surface area contributed by atoms with E-state index < -0.39 is 0 Å². The fourth-order valence-electron chi connectivity index (χ4n) is 2.79. The molecule has 0 fully saturated rings. The van der Waals surface area contributed by atoms with E-state index in [2.05, 4.69) is 11.1 Å². The summed E-state index contributed by atoms with van der Waals surface area (Å²) in [6.07, 6.45) is 1.82. The Morgan fingerprint density at radius 3 is 2.61 bits per heavy atom. The molecule has 5 heteroatoms. The second-order valence-electron chi connectivity index (χ2n) is 6.07. The first-order chi connectivity index (χ1) is 13.7. The topological polar surface area (TPSA) is 45.9 Å². The molecule has 136 valence electrons. The van der Waals surface area contributed by atoms with Crippen molar-refractivity contribution in [2.24, 2.45) is 0 Å². The van der Waals surface area contributed by atoms with Gasteiger partial charge in [-0.25, -0.2) is 4.98 Å². The molecule has 1 heterocycles. The Bertz CT molecular complexity index is 1170. The smallest absolute Gasteiger partial charge is 0.135 e. The molecular weight excluding hydrogens is 388 g/mol. The van der Waals surface area contributed by atoms with Gasteiger partial charge < -0.3 is 4.74 Å². The van der Waals surface area contributed by atoms with E-state index >= 15 is 0 Å². The summed E-state index contributed by atoms with van der Waals surface area (Å²) in [7, 11) is 0. The van der Waals surface area contributed by atoms with Crippen LogP contribution in [0.25, 0.3) is 21.9 Å². The maximum Gasteiger partial charge on any atom is 0.135 e. The van der Waals surface area contributed by atoms with Crippen molar-refractivity contribution in [3.05, 3.63) is 94.0 Å². The number of nitrogens with zero attached hydrogens (tertiary/aromatic N) is 2. The van der Waals surface area contributed by atoms with E-state index in [4.69, 9.17) is 16.3 Å². The van der Waals surface area contributed by atoms with Gasteiger partial charge in [0.2, 0.25) is 0 Å². The lowest BCUT2D eigenvalue weighted by Crippen LogP contribution is -1.97. The van der Waals surface area contributed by atoms with Crippen molar-refractivity contribution in [3.63, 3.8) is 0 Å². The van der Waals surface area contributed by atoms with Crippen LogP contribution in [0.15, 0.2) is 72.8 Å². The molecule has 0 bridgehead atoms. The summed E-state index contributed by atoms with van der Waals surface area (Å²) in [6, 6.07) is 25.4. The molecule has 0 radical (unpaired) electrons. The molecule has 0 saturated carbocycles. The summed E-state index contributed by atoms with van der Waals surface area (Å²) in [5.74, 6) is 0.691. The number of fused-ring (bicyclic) bond motifs is 1. The predicted octanol–water partition coefficient (Wildman–Crippen LogP) is 6.59. The van der Waals surface area contributed by atoms with Crippen LogP contribution in [0.1, 0.15) is 16.1 Å². The van der Waals surface area contributed by atoms with Gasteiger partial charge in [0.25, 0.3) is 0 Å². The molecule has 4 rings (SSSR count). The fourth-order valence-corrected chi connectivity index (χ4v) is 3.91. The van der Waals surface area contributed by atoms with Crippen molar-refractivity contribution in [1.82, 2.24) is 4.98 Å². The van der Waals surface area contributed by atoms with Crippen LogP contribution in [0.5, 0.6) is 5.75 Å². The maximum atomic E-state index is 9.69. The van der Waals surface area contributed by atoms with Gasteiger partial charge in [-0.15, -0.1) is 11.3 Å². The van der Waals surface area contributed by atoms with Crippen molar-refractivity contribution < 1.29 is 4.74 Å². The van der Waals surface area contributed by atoms with E-state index in [1.165, 1.54) is 11.3 Å². The number of benzene rings is 3. The van der Waals surface area contributed by atoms with Crippen LogP contribution in [0.3, 0.4) is 0 Å². The van der Waals surface area contributed by atoms with Crippen molar-refractivity contribution in [2.75, 3.05) is 0 Å². The van der Waals surface area contributed by atoms with Gasteiger partial charge in [0.15, 0.2) is 0 Å². The second kappa shape index (κ2) is 8.26. The molecule has 3 aromatic carbocycles. The van der Waals surface area contributed by atoms with Crippen LogP contribution in [-0.4, -0.2) is 4.98 Å². The number of thiazole rings is 1. The molecule has 0 saturated heterocycles. The van der Waals surface area contributed by atoms with Gasteiger partial charge in [-0.05, 0) is 30.3 Å². The minimum absolute atomic E-state index is 0.355. The van der Waals surface area contributed by atoms with E-state index in [0.29, 0.717) is 28.0 Å². The average molecular weight is 403 g/mol. The van der Waals surface area contributed by atoms with E-state index in [0.717, 1.165) is 21.3 Å². The first-order valence-electron chi connectivity index (χ1n) is 8.67. The maximum absolute atomic E-state index is 9.69. The number of hydrogen-bond acceptors (Lipinski definition) is 4. The van der Waals surface area contributed by atoms with Crippen molar-refractivity contribution in [1.29, 1.82) is 5.26 Å². The third-order valence-electron chi connectivity index (χ3n) is 4.20. The number of ether oxygens (including phenoxy) is 1. The third-order valence-corrected chi connectivity index (χ3v) is 5.64. The quantitative estimate of drug-likeness (QED) is 0.353. The zero-order valence-electron chi connectivity index (χ0n) is 14.8. The monoisotopic (exact) mass is 402 g/mol. The normalized spacial score (nSPS) is 11.4. The van der Waals surface area contributed by atoms with E-state index in [1.807, 2.05) is 78.9 Å². The van der Waals surface area contributed by atoms with E-state index in [9.17, 15) is 5.26 Å². The first-order valence-corrected chi connectivity index (χ1v) is 9.87.